The zero-order valence-corrected chi connectivity index (χ0v) is 19.6. The number of aromatic nitrogens is 4. The van der Waals surface area contributed by atoms with Crippen LogP contribution in [0, 0.1) is 0 Å². The van der Waals surface area contributed by atoms with Crippen LogP contribution in [0.4, 0.5) is 24.8 Å². The first-order valence-corrected chi connectivity index (χ1v) is 10.9. The first kappa shape index (κ1) is 25.5. The number of pyridine rings is 1. The summed E-state index contributed by atoms with van der Waals surface area (Å²) < 4.78 is 39.0. The van der Waals surface area contributed by atoms with Gasteiger partial charge in [-0.3, -0.25) is 9.59 Å². The van der Waals surface area contributed by atoms with E-state index in [4.69, 9.17) is 17.3 Å². The molecule has 0 bridgehead atoms. The molecule has 0 saturated heterocycles. The lowest BCUT2D eigenvalue weighted by Crippen LogP contribution is -2.18. The summed E-state index contributed by atoms with van der Waals surface area (Å²) in [5, 5.41) is 2.21. The lowest BCUT2D eigenvalue weighted by molar-refractivity contribution is -0.137. The maximum Gasteiger partial charge on any atom is 0.418 e. The minimum atomic E-state index is -4.69. The first-order valence-electron chi connectivity index (χ1n) is 9.71. The van der Waals surface area contributed by atoms with Crippen molar-refractivity contribution >= 4 is 46.3 Å². The Morgan fingerprint density at radius 1 is 1.18 bits per heavy atom. The van der Waals surface area contributed by atoms with E-state index in [0.717, 1.165) is 17.5 Å². The van der Waals surface area contributed by atoms with Crippen molar-refractivity contribution in [2.75, 3.05) is 25.1 Å². The molecule has 0 atom stereocenters. The summed E-state index contributed by atoms with van der Waals surface area (Å²) in [5.74, 6) is -1.02. The van der Waals surface area contributed by atoms with Crippen LogP contribution in [0.5, 0.6) is 0 Å². The Kier molecular flexibility index (Phi) is 7.79. The number of Topliss-reactive ketones (excluding diaryl/α,β-unsaturated/α-hetero) is 1. The van der Waals surface area contributed by atoms with Crippen molar-refractivity contribution in [1.82, 2.24) is 24.8 Å². The summed E-state index contributed by atoms with van der Waals surface area (Å²) in [4.78, 5) is 42.9. The van der Waals surface area contributed by atoms with Gasteiger partial charge in [-0.05, 0) is 20.2 Å². The molecule has 0 unspecified atom stereocenters. The fourth-order valence-electron chi connectivity index (χ4n) is 2.91. The van der Waals surface area contributed by atoms with E-state index in [2.05, 4.69) is 25.3 Å². The van der Waals surface area contributed by atoms with Crippen molar-refractivity contribution in [2.24, 2.45) is 0 Å². The molecule has 14 heteroatoms. The highest BCUT2D eigenvalue weighted by Gasteiger charge is 2.34. The number of thiazole rings is 1. The van der Waals surface area contributed by atoms with E-state index in [-0.39, 0.29) is 40.8 Å². The Morgan fingerprint density at radius 2 is 1.91 bits per heavy atom. The van der Waals surface area contributed by atoms with Crippen LogP contribution in [0.25, 0.3) is 0 Å². The fourth-order valence-corrected chi connectivity index (χ4v) is 3.93. The number of anilines is 2. The Hall–Kier alpha value is -3.16. The number of aryl methyl sites for hydroxylation is 1. The van der Waals surface area contributed by atoms with Gasteiger partial charge in [-0.2, -0.15) is 13.2 Å². The second-order valence-electron chi connectivity index (χ2n) is 7.37. The first-order chi connectivity index (χ1) is 16.0. The van der Waals surface area contributed by atoms with Gasteiger partial charge in [-0.25, -0.2) is 19.9 Å². The number of carbonyl (C=O) groups is 2. The quantitative estimate of drug-likeness (QED) is 0.436. The Balaban J connectivity index is 1.66. The third-order valence-electron chi connectivity index (χ3n) is 4.46. The van der Waals surface area contributed by atoms with Gasteiger partial charge in [0, 0.05) is 31.1 Å². The Bertz CT molecular complexity index is 1220. The number of ketones is 1. The number of carbonyl (C=O) groups excluding carboxylic acids is 2. The predicted octanol–water partition coefficient (Wildman–Crippen LogP) is 3.71. The normalized spacial score (nSPS) is 11.6. The minimum Gasteiger partial charge on any atom is -0.383 e. The van der Waals surface area contributed by atoms with Crippen LogP contribution >= 0.6 is 22.9 Å². The molecule has 1 amide bonds. The molecular weight excluding hydrogens is 495 g/mol. The summed E-state index contributed by atoms with van der Waals surface area (Å²) >= 11 is 6.55. The average molecular weight is 514 g/mol. The molecule has 0 radical (unpaired) electrons. The Morgan fingerprint density at radius 3 is 2.59 bits per heavy atom. The van der Waals surface area contributed by atoms with Crippen LogP contribution in [-0.2, 0) is 19.1 Å². The molecule has 0 aliphatic carbocycles. The summed E-state index contributed by atoms with van der Waals surface area (Å²) in [6, 6.07) is 0.652. The van der Waals surface area contributed by atoms with Crippen LogP contribution in [0.1, 0.15) is 42.7 Å². The van der Waals surface area contributed by atoms with Gasteiger partial charge in [0.2, 0.25) is 0 Å². The monoisotopic (exact) mass is 513 g/mol. The van der Waals surface area contributed by atoms with Crippen molar-refractivity contribution in [1.29, 1.82) is 0 Å². The van der Waals surface area contributed by atoms with Gasteiger partial charge in [-0.15, -0.1) is 11.3 Å². The summed E-state index contributed by atoms with van der Waals surface area (Å²) in [7, 11) is 3.65. The number of halogens is 4. The largest absolute Gasteiger partial charge is 0.418 e. The number of hydrogen-bond acceptors (Lipinski definition) is 9. The van der Waals surface area contributed by atoms with E-state index in [1.165, 1.54) is 12.5 Å². The molecule has 3 aromatic heterocycles. The van der Waals surface area contributed by atoms with Gasteiger partial charge in [0.05, 0.1) is 21.8 Å². The van der Waals surface area contributed by atoms with Gasteiger partial charge in [0.15, 0.2) is 5.78 Å². The number of rotatable bonds is 8. The van der Waals surface area contributed by atoms with E-state index < -0.39 is 22.7 Å². The number of nitrogen functional groups attached to an aromatic ring is 1. The van der Waals surface area contributed by atoms with Crippen LogP contribution < -0.4 is 11.1 Å². The fraction of sp³-hybridized carbons (Fsp3) is 0.300. The van der Waals surface area contributed by atoms with Crippen molar-refractivity contribution in [3.8, 4) is 0 Å². The second-order valence-corrected chi connectivity index (χ2v) is 8.89. The summed E-state index contributed by atoms with van der Waals surface area (Å²) in [6.45, 7) is 0.393. The molecule has 0 aromatic carbocycles. The van der Waals surface area contributed by atoms with Gasteiger partial charge >= 0.3 is 6.18 Å². The van der Waals surface area contributed by atoms with Crippen molar-refractivity contribution in [3.05, 3.63) is 56.5 Å². The van der Waals surface area contributed by atoms with Crippen LogP contribution in [0.15, 0.2) is 24.8 Å². The number of amides is 1. The second kappa shape index (κ2) is 10.4. The number of hydrogen-bond donors (Lipinski definition) is 2. The molecule has 0 aliphatic rings. The third-order valence-corrected chi connectivity index (χ3v) is 5.82. The maximum absolute atomic E-state index is 13.0. The van der Waals surface area contributed by atoms with E-state index in [1.807, 2.05) is 19.0 Å². The van der Waals surface area contributed by atoms with Gasteiger partial charge in [-0.1, -0.05) is 11.6 Å². The zero-order chi connectivity index (χ0) is 25.0. The molecule has 3 aromatic rings. The van der Waals surface area contributed by atoms with E-state index in [9.17, 15) is 22.8 Å². The number of nitrogens with one attached hydrogen (secondary N) is 1. The summed E-state index contributed by atoms with van der Waals surface area (Å²) in [6.07, 6.45) is -1.07. The number of nitrogens with zero attached hydrogens (tertiary/aromatic N) is 5. The lowest BCUT2D eigenvalue weighted by Gasteiger charge is -2.14. The van der Waals surface area contributed by atoms with Crippen LogP contribution in [-0.4, -0.2) is 50.6 Å². The molecule has 180 valence electrons. The maximum atomic E-state index is 13.0. The molecule has 34 heavy (non-hydrogen) atoms. The minimum absolute atomic E-state index is 0.0686. The smallest absolute Gasteiger partial charge is 0.383 e. The van der Waals surface area contributed by atoms with Crippen molar-refractivity contribution in [3.63, 3.8) is 0 Å². The van der Waals surface area contributed by atoms with Crippen molar-refractivity contribution in [2.45, 2.75) is 25.6 Å². The van der Waals surface area contributed by atoms with Crippen molar-refractivity contribution < 1.29 is 22.8 Å². The highest BCUT2D eigenvalue weighted by atomic mass is 35.5. The highest BCUT2D eigenvalue weighted by Crippen LogP contribution is 2.35. The molecule has 3 heterocycles. The lowest BCUT2D eigenvalue weighted by atomic mass is 10.1. The SMILES string of the molecule is CN(C)Cc1c(N)ncnc1C(=O)CCc1ncc(C(=O)Nc2cc(C(F)(F)F)c(Cl)cn2)s1. The average Bonchev–Trinajstić information content (AvgIpc) is 3.23. The molecule has 0 aliphatic heterocycles. The molecule has 3 N–H and O–H groups in total. The molecular formula is C20H19ClF3N7O2S. The summed E-state index contributed by atoms with van der Waals surface area (Å²) in [5.41, 5.74) is 5.55. The van der Waals surface area contributed by atoms with E-state index >= 15 is 0 Å². The molecule has 0 fully saturated rings. The molecule has 9 nitrogen and oxygen atoms in total. The topological polar surface area (TPSA) is 127 Å². The van der Waals surface area contributed by atoms with Crippen LogP contribution in [0.3, 0.4) is 0 Å². The molecule has 0 saturated carbocycles. The standard InChI is InChI=1S/C20H19ClF3N7O2S/c1-31(2)8-10-17(28-9-29-18(10)25)13(32)3-4-16-27-7-14(34-16)19(33)30-15-5-11(20(22,23)24)12(21)6-26-15/h5-7,9H,3-4,8H2,1-2H3,(H2,25,28,29)(H,26,30,33). The number of nitrogens with two attached hydrogens (primary N) is 1. The Labute approximate surface area is 201 Å². The number of alkyl halides is 3. The highest BCUT2D eigenvalue weighted by molar-refractivity contribution is 7.13. The van der Waals surface area contributed by atoms with E-state index in [0.29, 0.717) is 23.2 Å². The van der Waals surface area contributed by atoms with Gasteiger partial charge in [0.25, 0.3) is 5.91 Å². The predicted molar refractivity (Wildman–Crippen MR) is 121 cm³/mol. The van der Waals surface area contributed by atoms with E-state index in [1.54, 1.807) is 0 Å². The molecule has 3 rings (SSSR count). The van der Waals surface area contributed by atoms with Gasteiger partial charge in [0.1, 0.15) is 28.5 Å². The van der Waals surface area contributed by atoms with Crippen LogP contribution in [0.2, 0.25) is 5.02 Å². The molecule has 0 spiro atoms. The van der Waals surface area contributed by atoms with Gasteiger partial charge < -0.3 is 16.0 Å². The third kappa shape index (κ3) is 6.24. The zero-order valence-electron chi connectivity index (χ0n) is 18.0.